The summed E-state index contributed by atoms with van der Waals surface area (Å²) in [7, 11) is -3.40. The highest BCUT2D eigenvalue weighted by atomic mass is 32.2. The summed E-state index contributed by atoms with van der Waals surface area (Å²) < 4.78 is 25.2. The quantitative estimate of drug-likeness (QED) is 0.579. The third kappa shape index (κ3) is 5.32. The molecule has 0 radical (unpaired) electrons. The van der Waals surface area contributed by atoms with E-state index in [1.54, 1.807) is 37.3 Å². The number of amides is 1. The number of rotatable bonds is 6. The van der Waals surface area contributed by atoms with Crippen molar-refractivity contribution in [1.29, 1.82) is 0 Å². The van der Waals surface area contributed by atoms with Gasteiger partial charge in [0.25, 0.3) is 11.5 Å². The fraction of sp³-hybridized carbons (Fsp3) is 0.143. The molecule has 0 aliphatic heterocycles. The maximum Gasteiger partial charge on any atom is 0.261 e. The van der Waals surface area contributed by atoms with Gasteiger partial charge in [-0.05, 0) is 42.3 Å². The second kappa shape index (κ2) is 8.32. The van der Waals surface area contributed by atoms with E-state index in [2.05, 4.69) is 15.0 Å². The molecular formula is C21H21N3O4S. The fourth-order valence-corrected chi connectivity index (χ4v) is 3.44. The minimum atomic E-state index is -3.40. The molecule has 3 N–H and O–H groups in total. The van der Waals surface area contributed by atoms with E-state index in [0.717, 1.165) is 11.8 Å². The van der Waals surface area contributed by atoms with E-state index in [0.29, 0.717) is 16.9 Å². The summed E-state index contributed by atoms with van der Waals surface area (Å²) in [6, 6.07) is 18.8. The molecule has 0 saturated carbocycles. The van der Waals surface area contributed by atoms with Crippen LogP contribution < -0.4 is 15.6 Å². The Morgan fingerprint density at radius 1 is 1.00 bits per heavy atom. The number of sulfonamides is 1. The Hall–Kier alpha value is -3.39. The third-order valence-electron chi connectivity index (χ3n) is 4.28. The molecule has 29 heavy (non-hydrogen) atoms. The summed E-state index contributed by atoms with van der Waals surface area (Å²) in [5, 5.41) is 2.77. The van der Waals surface area contributed by atoms with Crippen LogP contribution in [-0.2, 0) is 10.0 Å². The Kier molecular flexibility index (Phi) is 5.84. The number of carbonyl (C=O) groups is 1. The molecule has 3 rings (SSSR count). The molecule has 0 spiro atoms. The highest BCUT2D eigenvalue weighted by Gasteiger charge is 2.16. The molecule has 1 atom stereocenters. The number of carbonyl (C=O) groups excluding carboxylic acids is 1. The van der Waals surface area contributed by atoms with E-state index in [9.17, 15) is 18.0 Å². The van der Waals surface area contributed by atoms with Gasteiger partial charge in [-0.3, -0.25) is 14.3 Å². The van der Waals surface area contributed by atoms with Crippen LogP contribution in [0.1, 0.15) is 28.9 Å². The Morgan fingerprint density at radius 3 is 2.38 bits per heavy atom. The van der Waals surface area contributed by atoms with Crippen LogP contribution in [-0.4, -0.2) is 25.6 Å². The molecule has 1 heterocycles. The van der Waals surface area contributed by atoms with Gasteiger partial charge >= 0.3 is 0 Å². The maximum atomic E-state index is 12.6. The molecule has 1 amide bonds. The van der Waals surface area contributed by atoms with Crippen molar-refractivity contribution in [3.05, 3.63) is 88.2 Å². The molecule has 1 unspecified atom stereocenters. The van der Waals surface area contributed by atoms with Crippen LogP contribution in [0.3, 0.4) is 0 Å². The number of aromatic amines is 1. The van der Waals surface area contributed by atoms with Gasteiger partial charge in [0.15, 0.2) is 0 Å². The number of hydrogen-bond acceptors (Lipinski definition) is 4. The van der Waals surface area contributed by atoms with Crippen LogP contribution in [0.25, 0.3) is 11.3 Å². The molecule has 0 aliphatic rings. The zero-order valence-electron chi connectivity index (χ0n) is 16.0. The van der Waals surface area contributed by atoms with Crippen molar-refractivity contribution in [3.63, 3.8) is 0 Å². The third-order valence-corrected chi connectivity index (χ3v) is 4.88. The molecule has 150 valence electrons. The van der Waals surface area contributed by atoms with Crippen LogP contribution in [0.5, 0.6) is 0 Å². The van der Waals surface area contributed by atoms with E-state index in [1.807, 2.05) is 30.3 Å². The van der Waals surface area contributed by atoms with Gasteiger partial charge in [0.2, 0.25) is 10.0 Å². The van der Waals surface area contributed by atoms with Gasteiger partial charge in [-0.15, -0.1) is 0 Å². The lowest BCUT2D eigenvalue weighted by Gasteiger charge is -2.15. The van der Waals surface area contributed by atoms with Gasteiger partial charge in [0, 0.05) is 11.4 Å². The predicted octanol–water partition coefficient (Wildman–Crippen LogP) is 2.90. The van der Waals surface area contributed by atoms with Gasteiger partial charge in [0.05, 0.1) is 12.3 Å². The molecule has 0 bridgehead atoms. The maximum absolute atomic E-state index is 12.6. The number of nitrogens with one attached hydrogen (secondary N) is 3. The van der Waals surface area contributed by atoms with E-state index in [1.165, 1.54) is 6.07 Å². The predicted molar refractivity (Wildman–Crippen MR) is 113 cm³/mol. The fourth-order valence-electron chi connectivity index (χ4n) is 2.88. The summed E-state index contributed by atoms with van der Waals surface area (Å²) in [4.78, 5) is 27.7. The van der Waals surface area contributed by atoms with Gasteiger partial charge < -0.3 is 10.3 Å². The monoisotopic (exact) mass is 411 g/mol. The normalized spacial score (nSPS) is 12.2. The average molecular weight is 411 g/mol. The van der Waals surface area contributed by atoms with Crippen molar-refractivity contribution >= 4 is 21.6 Å². The second-order valence-corrected chi connectivity index (χ2v) is 8.42. The van der Waals surface area contributed by atoms with Crippen molar-refractivity contribution < 1.29 is 13.2 Å². The van der Waals surface area contributed by atoms with Crippen LogP contribution in [0.15, 0.2) is 71.5 Å². The number of aromatic nitrogens is 1. The van der Waals surface area contributed by atoms with Crippen LogP contribution >= 0.6 is 0 Å². The van der Waals surface area contributed by atoms with E-state index in [-0.39, 0.29) is 5.56 Å². The Balaban J connectivity index is 1.76. The van der Waals surface area contributed by atoms with Gasteiger partial charge in [-0.25, -0.2) is 8.42 Å². The molecule has 0 saturated heterocycles. The standard InChI is InChI=1S/C21H21N3O4S/c1-14(16-9-6-10-17(13-16)24-29(2,27)28)22-20(25)18-11-12-19(23-21(18)26)15-7-4-3-5-8-15/h3-14,24H,1-2H3,(H,22,25)(H,23,26). The van der Waals surface area contributed by atoms with Gasteiger partial charge in [-0.1, -0.05) is 42.5 Å². The molecule has 7 nitrogen and oxygen atoms in total. The summed E-state index contributed by atoms with van der Waals surface area (Å²) in [5.41, 5.74) is 2.09. The summed E-state index contributed by atoms with van der Waals surface area (Å²) >= 11 is 0. The van der Waals surface area contributed by atoms with E-state index >= 15 is 0 Å². The first-order valence-corrected chi connectivity index (χ1v) is 10.8. The first kappa shape index (κ1) is 20.3. The zero-order valence-corrected chi connectivity index (χ0v) is 16.8. The lowest BCUT2D eigenvalue weighted by molar-refractivity contribution is 0.0938. The highest BCUT2D eigenvalue weighted by Crippen LogP contribution is 2.19. The van der Waals surface area contributed by atoms with Crippen LogP contribution in [0, 0.1) is 0 Å². The molecule has 3 aromatic rings. The molecular weight excluding hydrogens is 390 g/mol. The van der Waals surface area contributed by atoms with E-state index < -0.39 is 27.5 Å². The first-order valence-electron chi connectivity index (χ1n) is 8.90. The lowest BCUT2D eigenvalue weighted by Crippen LogP contribution is -2.31. The van der Waals surface area contributed by atoms with Crippen molar-refractivity contribution in [2.75, 3.05) is 11.0 Å². The van der Waals surface area contributed by atoms with Crippen LogP contribution in [0.2, 0.25) is 0 Å². The zero-order chi connectivity index (χ0) is 21.0. The Labute approximate surface area is 168 Å². The van der Waals surface area contributed by atoms with Gasteiger partial charge in [-0.2, -0.15) is 0 Å². The molecule has 0 fully saturated rings. The SMILES string of the molecule is CC(NC(=O)c1ccc(-c2ccccc2)[nH]c1=O)c1cccc(NS(C)(=O)=O)c1. The smallest absolute Gasteiger partial charge is 0.261 e. The Morgan fingerprint density at radius 2 is 1.72 bits per heavy atom. The summed E-state index contributed by atoms with van der Waals surface area (Å²) in [5.74, 6) is -0.514. The van der Waals surface area contributed by atoms with Crippen molar-refractivity contribution in [2.24, 2.45) is 0 Å². The largest absolute Gasteiger partial charge is 0.345 e. The number of pyridine rings is 1. The second-order valence-electron chi connectivity index (χ2n) is 6.68. The average Bonchev–Trinajstić information content (AvgIpc) is 2.67. The minimum Gasteiger partial charge on any atom is -0.345 e. The topological polar surface area (TPSA) is 108 Å². The first-order chi connectivity index (χ1) is 13.7. The van der Waals surface area contributed by atoms with E-state index in [4.69, 9.17) is 0 Å². The summed E-state index contributed by atoms with van der Waals surface area (Å²) in [6.07, 6.45) is 1.07. The van der Waals surface area contributed by atoms with Crippen molar-refractivity contribution in [1.82, 2.24) is 10.3 Å². The number of anilines is 1. The Bertz CT molecular complexity index is 1190. The number of benzene rings is 2. The van der Waals surface area contributed by atoms with Crippen LogP contribution in [0.4, 0.5) is 5.69 Å². The summed E-state index contributed by atoms with van der Waals surface area (Å²) in [6.45, 7) is 1.75. The number of hydrogen-bond donors (Lipinski definition) is 3. The lowest BCUT2D eigenvalue weighted by atomic mass is 10.1. The number of H-pyrrole nitrogens is 1. The molecule has 0 aliphatic carbocycles. The van der Waals surface area contributed by atoms with Crippen molar-refractivity contribution in [3.8, 4) is 11.3 Å². The molecule has 8 heteroatoms. The minimum absolute atomic E-state index is 0.00180. The highest BCUT2D eigenvalue weighted by molar-refractivity contribution is 7.92. The molecule has 1 aromatic heterocycles. The van der Waals surface area contributed by atoms with Crippen molar-refractivity contribution in [2.45, 2.75) is 13.0 Å². The molecule has 2 aromatic carbocycles. The van der Waals surface area contributed by atoms with Gasteiger partial charge in [0.1, 0.15) is 5.56 Å².